The molecule has 4 heterocycles. The second-order valence-corrected chi connectivity index (χ2v) is 10.1. The molecule has 0 bridgehead atoms. The van der Waals surface area contributed by atoms with E-state index in [-0.39, 0.29) is 18.5 Å². The molecule has 10 heteroatoms. The van der Waals surface area contributed by atoms with Crippen LogP contribution in [0, 0.1) is 12.7 Å². The van der Waals surface area contributed by atoms with Crippen molar-refractivity contribution in [2.45, 2.75) is 13.3 Å². The third-order valence-corrected chi connectivity index (χ3v) is 7.49. The molecule has 0 atom stereocenters. The quantitative estimate of drug-likeness (QED) is 0.318. The summed E-state index contributed by atoms with van der Waals surface area (Å²) in [6.45, 7) is 4.40. The minimum Gasteiger partial charge on any atom is -0.454 e. The Labute approximate surface area is 235 Å². The second-order valence-electron chi connectivity index (χ2n) is 10.1. The maximum Gasteiger partial charge on any atom is 0.254 e. The van der Waals surface area contributed by atoms with Crippen molar-refractivity contribution in [2.75, 3.05) is 37.9 Å². The van der Waals surface area contributed by atoms with Crippen molar-refractivity contribution in [3.63, 3.8) is 0 Å². The molecular weight excluding hydrogens is 523 g/mol. The largest absolute Gasteiger partial charge is 0.454 e. The van der Waals surface area contributed by atoms with E-state index >= 15 is 0 Å². The summed E-state index contributed by atoms with van der Waals surface area (Å²) in [5.41, 5.74) is 3.85. The van der Waals surface area contributed by atoms with Gasteiger partial charge < -0.3 is 19.3 Å². The van der Waals surface area contributed by atoms with Crippen LogP contribution in [0.4, 0.5) is 10.2 Å². The number of carbonyl (C=O) groups excluding carboxylic acids is 1. The van der Waals surface area contributed by atoms with Gasteiger partial charge in [-0.3, -0.25) is 4.79 Å². The Morgan fingerprint density at radius 2 is 1.66 bits per heavy atom. The van der Waals surface area contributed by atoms with E-state index < -0.39 is 0 Å². The zero-order chi connectivity index (χ0) is 27.9. The molecule has 0 unspecified atom stereocenters. The third kappa shape index (κ3) is 4.71. The number of hydrogen-bond acceptors (Lipinski definition) is 7. The van der Waals surface area contributed by atoms with Crippen molar-refractivity contribution < 1.29 is 18.7 Å². The summed E-state index contributed by atoms with van der Waals surface area (Å²) in [6, 6.07) is 21.6. The minimum atomic E-state index is -0.310. The topological polar surface area (TPSA) is 85.6 Å². The molecule has 206 valence electrons. The van der Waals surface area contributed by atoms with E-state index in [9.17, 15) is 9.18 Å². The molecule has 0 N–H and O–H groups in total. The molecule has 0 spiro atoms. The maximum atomic E-state index is 13.7. The van der Waals surface area contributed by atoms with E-state index in [2.05, 4.69) is 17.0 Å². The lowest BCUT2D eigenvalue weighted by Crippen LogP contribution is -2.49. The Bertz CT molecular complexity index is 1750. The highest BCUT2D eigenvalue weighted by molar-refractivity contribution is 5.95. The summed E-state index contributed by atoms with van der Waals surface area (Å²) in [4.78, 5) is 27.3. The fourth-order valence-corrected chi connectivity index (χ4v) is 5.39. The number of halogens is 1. The number of anilines is 1. The number of aryl methyl sites for hydroxylation is 1. The molecular formula is C31H27FN6O3. The van der Waals surface area contributed by atoms with Gasteiger partial charge in [-0.2, -0.15) is 5.10 Å². The van der Waals surface area contributed by atoms with E-state index in [0.717, 1.165) is 28.1 Å². The van der Waals surface area contributed by atoms with Crippen LogP contribution in [0.1, 0.15) is 27.4 Å². The van der Waals surface area contributed by atoms with Crippen LogP contribution < -0.4 is 14.4 Å². The Hall–Kier alpha value is -4.99. The summed E-state index contributed by atoms with van der Waals surface area (Å²) in [5, 5.41) is 5.63. The molecule has 5 aromatic rings. The van der Waals surface area contributed by atoms with E-state index in [0.29, 0.717) is 61.1 Å². The number of carbonyl (C=O) groups is 1. The number of aromatic nitrogens is 4. The van der Waals surface area contributed by atoms with Crippen LogP contribution in [-0.2, 0) is 6.42 Å². The molecule has 0 saturated carbocycles. The highest BCUT2D eigenvalue weighted by Crippen LogP contribution is 2.34. The van der Waals surface area contributed by atoms with Gasteiger partial charge in [0.2, 0.25) is 6.79 Å². The zero-order valence-electron chi connectivity index (χ0n) is 22.5. The fraction of sp³-hybridized carbons (Fsp3) is 0.226. The predicted octanol–water partition coefficient (Wildman–Crippen LogP) is 4.54. The first kappa shape index (κ1) is 25.0. The monoisotopic (exact) mass is 550 g/mol. The van der Waals surface area contributed by atoms with Crippen LogP contribution >= 0.6 is 0 Å². The summed E-state index contributed by atoms with van der Waals surface area (Å²) < 4.78 is 26.3. The standard InChI is InChI=1S/C31H27FN6O3/c1-20-28-29(36-13-15-37(16-14-36)31(39)22-7-12-25-26(18-22)41-19-40-25)33-27(17-21-5-3-2-4-6-21)34-30(28)38(35-20)24-10-8-23(32)9-11-24/h2-12,18H,13-17,19H2,1H3. The van der Waals surface area contributed by atoms with Crippen LogP contribution in [-0.4, -0.2) is 63.5 Å². The lowest BCUT2D eigenvalue weighted by molar-refractivity contribution is 0.0746. The first-order valence-corrected chi connectivity index (χ1v) is 13.5. The van der Waals surface area contributed by atoms with E-state index in [1.54, 1.807) is 35.0 Å². The molecule has 3 aromatic carbocycles. The molecule has 1 amide bonds. The van der Waals surface area contributed by atoms with E-state index in [1.165, 1.54) is 12.1 Å². The molecule has 9 nitrogen and oxygen atoms in total. The number of ether oxygens (including phenoxy) is 2. The van der Waals surface area contributed by atoms with Crippen LogP contribution in [0.25, 0.3) is 16.7 Å². The molecule has 0 aliphatic carbocycles. The van der Waals surface area contributed by atoms with Crippen molar-refractivity contribution >= 4 is 22.8 Å². The van der Waals surface area contributed by atoms with E-state index in [4.69, 9.17) is 24.5 Å². The first-order valence-electron chi connectivity index (χ1n) is 13.5. The van der Waals surface area contributed by atoms with Crippen molar-refractivity contribution in [1.29, 1.82) is 0 Å². The highest BCUT2D eigenvalue weighted by atomic mass is 19.1. The molecule has 2 aliphatic heterocycles. The Morgan fingerprint density at radius 1 is 0.902 bits per heavy atom. The van der Waals surface area contributed by atoms with Gasteiger partial charge in [0.25, 0.3) is 5.91 Å². The van der Waals surface area contributed by atoms with Crippen molar-refractivity contribution in [3.8, 4) is 17.2 Å². The lowest BCUT2D eigenvalue weighted by Gasteiger charge is -2.36. The molecule has 2 aromatic heterocycles. The van der Waals surface area contributed by atoms with E-state index in [1.807, 2.05) is 30.0 Å². The molecule has 7 rings (SSSR count). The molecule has 1 saturated heterocycles. The predicted molar refractivity (Wildman–Crippen MR) is 151 cm³/mol. The Morgan fingerprint density at radius 3 is 2.44 bits per heavy atom. The van der Waals surface area contributed by atoms with Crippen molar-refractivity contribution in [1.82, 2.24) is 24.6 Å². The van der Waals surface area contributed by atoms with Gasteiger partial charge in [-0.25, -0.2) is 19.0 Å². The number of nitrogens with zero attached hydrogens (tertiary/aromatic N) is 6. The molecule has 0 radical (unpaired) electrons. The van der Waals surface area contributed by atoms with Crippen molar-refractivity contribution in [2.24, 2.45) is 0 Å². The Kier molecular flexibility index (Phi) is 6.22. The normalized spacial score (nSPS) is 14.6. The SMILES string of the molecule is Cc1nn(-c2ccc(F)cc2)c2nc(Cc3ccccc3)nc(N3CCN(C(=O)c4ccc5c(c4)OCO5)CC3)c12. The van der Waals surface area contributed by atoms with Gasteiger partial charge in [-0.15, -0.1) is 0 Å². The Balaban J connectivity index is 1.21. The smallest absolute Gasteiger partial charge is 0.254 e. The highest BCUT2D eigenvalue weighted by Gasteiger charge is 2.28. The average molecular weight is 551 g/mol. The molecule has 41 heavy (non-hydrogen) atoms. The lowest BCUT2D eigenvalue weighted by atomic mass is 10.1. The number of rotatable bonds is 5. The zero-order valence-corrected chi connectivity index (χ0v) is 22.5. The summed E-state index contributed by atoms with van der Waals surface area (Å²) >= 11 is 0. The second kappa shape index (κ2) is 10.2. The van der Waals surface area contributed by atoms with Crippen LogP contribution in [0.5, 0.6) is 11.5 Å². The van der Waals surface area contributed by atoms with Crippen molar-refractivity contribution in [3.05, 3.63) is 101 Å². The summed E-state index contributed by atoms with van der Waals surface area (Å²) in [6.07, 6.45) is 0.556. The van der Waals surface area contributed by atoms with Gasteiger partial charge in [0, 0.05) is 38.2 Å². The van der Waals surface area contributed by atoms with Gasteiger partial charge in [-0.05, 0) is 55.0 Å². The van der Waals surface area contributed by atoms with Gasteiger partial charge >= 0.3 is 0 Å². The van der Waals surface area contributed by atoms with Gasteiger partial charge in [0.15, 0.2) is 17.1 Å². The number of amides is 1. The fourth-order valence-electron chi connectivity index (χ4n) is 5.39. The van der Waals surface area contributed by atoms with Crippen LogP contribution in [0.2, 0.25) is 0 Å². The summed E-state index contributed by atoms with van der Waals surface area (Å²) in [5.74, 6) is 2.36. The first-order chi connectivity index (χ1) is 20.0. The molecule has 1 fully saturated rings. The number of benzene rings is 3. The molecule has 2 aliphatic rings. The number of fused-ring (bicyclic) bond motifs is 2. The van der Waals surface area contributed by atoms with Crippen LogP contribution in [0.3, 0.4) is 0 Å². The van der Waals surface area contributed by atoms with Gasteiger partial charge in [-0.1, -0.05) is 30.3 Å². The third-order valence-electron chi connectivity index (χ3n) is 7.49. The summed E-state index contributed by atoms with van der Waals surface area (Å²) in [7, 11) is 0. The number of piperazine rings is 1. The minimum absolute atomic E-state index is 0.0409. The van der Waals surface area contributed by atoms with Gasteiger partial charge in [0.1, 0.15) is 17.5 Å². The van der Waals surface area contributed by atoms with Crippen LogP contribution in [0.15, 0.2) is 72.8 Å². The number of hydrogen-bond donors (Lipinski definition) is 0. The average Bonchev–Trinajstić information content (AvgIpc) is 3.61. The van der Waals surface area contributed by atoms with Gasteiger partial charge in [0.05, 0.1) is 16.8 Å². The maximum absolute atomic E-state index is 13.7.